The third-order valence-electron chi connectivity index (χ3n) is 2.88. The molecule has 4 heteroatoms. The fourth-order valence-electron chi connectivity index (χ4n) is 1.57. The van der Waals surface area contributed by atoms with Gasteiger partial charge < -0.3 is 0 Å². The molecule has 1 atom stereocenters. The number of benzene rings is 1. The molecule has 0 spiro atoms. The summed E-state index contributed by atoms with van der Waals surface area (Å²) in [5.41, 5.74) is 0.141. The van der Waals surface area contributed by atoms with Crippen molar-refractivity contribution in [1.29, 1.82) is 5.26 Å². The van der Waals surface area contributed by atoms with Crippen LogP contribution in [0.1, 0.15) is 37.6 Å². The molecule has 0 aliphatic carbocycles. The first-order valence-electron chi connectivity index (χ1n) is 6.13. The monoisotopic (exact) mass is 258 g/mol. The van der Waals surface area contributed by atoms with E-state index in [0.29, 0.717) is 5.56 Å². The summed E-state index contributed by atoms with van der Waals surface area (Å²) in [4.78, 5) is 23.5. The van der Waals surface area contributed by atoms with E-state index in [4.69, 9.17) is 5.26 Å². The normalized spacial score (nSPS) is 12.3. The Morgan fingerprint density at radius 3 is 2.32 bits per heavy atom. The number of nitrogens with one attached hydrogen (secondary N) is 1. The highest BCUT2D eigenvalue weighted by atomic mass is 16.2. The second kappa shape index (κ2) is 6.14. The van der Waals surface area contributed by atoms with Gasteiger partial charge in [-0.25, -0.2) is 0 Å². The van der Waals surface area contributed by atoms with Gasteiger partial charge in [0.05, 0.1) is 12.0 Å². The first kappa shape index (κ1) is 14.9. The van der Waals surface area contributed by atoms with Gasteiger partial charge in [0.25, 0.3) is 5.91 Å². The summed E-state index contributed by atoms with van der Waals surface area (Å²) in [6.45, 7) is 5.69. The highest BCUT2D eigenvalue weighted by Crippen LogP contribution is 2.27. The summed E-state index contributed by atoms with van der Waals surface area (Å²) in [6.07, 6.45) is 0.0264. The standard InChI is InChI=1S/C15H18N2O2/c1-15(2,3)12(10-16)9-13(18)17-14(19)11-7-5-4-6-8-11/h4-8,12H,9H2,1-3H3,(H,17,18,19). The number of rotatable bonds is 3. The number of nitrogens with zero attached hydrogens (tertiary/aromatic N) is 1. The van der Waals surface area contributed by atoms with Crippen molar-refractivity contribution in [3.05, 3.63) is 35.9 Å². The van der Waals surface area contributed by atoms with Crippen molar-refractivity contribution >= 4 is 11.8 Å². The Morgan fingerprint density at radius 2 is 1.84 bits per heavy atom. The lowest BCUT2D eigenvalue weighted by Crippen LogP contribution is -2.34. The summed E-state index contributed by atoms with van der Waals surface area (Å²) in [5, 5.41) is 11.4. The average Bonchev–Trinajstić information content (AvgIpc) is 2.35. The van der Waals surface area contributed by atoms with Crippen LogP contribution in [0, 0.1) is 22.7 Å². The van der Waals surface area contributed by atoms with Crippen molar-refractivity contribution in [1.82, 2.24) is 5.32 Å². The van der Waals surface area contributed by atoms with E-state index in [1.807, 2.05) is 20.8 Å². The first-order chi connectivity index (χ1) is 8.84. The van der Waals surface area contributed by atoms with Gasteiger partial charge in [0.15, 0.2) is 0 Å². The van der Waals surface area contributed by atoms with Crippen molar-refractivity contribution in [2.75, 3.05) is 0 Å². The zero-order valence-corrected chi connectivity index (χ0v) is 11.4. The molecule has 2 amide bonds. The van der Waals surface area contributed by atoms with E-state index in [1.165, 1.54) is 0 Å². The third-order valence-corrected chi connectivity index (χ3v) is 2.88. The van der Waals surface area contributed by atoms with Gasteiger partial charge in [-0.3, -0.25) is 14.9 Å². The van der Waals surface area contributed by atoms with Crippen LogP contribution in [0.25, 0.3) is 0 Å². The van der Waals surface area contributed by atoms with Gasteiger partial charge in [0.2, 0.25) is 5.91 Å². The predicted octanol–water partition coefficient (Wildman–Crippen LogP) is 2.52. The number of hydrogen-bond donors (Lipinski definition) is 1. The van der Waals surface area contributed by atoms with Crippen molar-refractivity contribution in [2.45, 2.75) is 27.2 Å². The Bertz CT molecular complexity index is 495. The maximum Gasteiger partial charge on any atom is 0.257 e. The van der Waals surface area contributed by atoms with Crippen molar-refractivity contribution < 1.29 is 9.59 Å². The highest BCUT2D eigenvalue weighted by molar-refractivity contribution is 6.04. The van der Waals surface area contributed by atoms with E-state index in [0.717, 1.165) is 0 Å². The molecule has 19 heavy (non-hydrogen) atoms. The van der Waals surface area contributed by atoms with E-state index in [9.17, 15) is 9.59 Å². The molecular formula is C15H18N2O2. The lowest BCUT2D eigenvalue weighted by atomic mass is 9.79. The molecule has 1 N–H and O–H groups in total. The Labute approximate surface area is 113 Å². The van der Waals surface area contributed by atoms with Crippen LogP contribution in [0.5, 0.6) is 0 Å². The topological polar surface area (TPSA) is 70.0 Å². The Morgan fingerprint density at radius 1 is 1.26 bits per heavy atom. The number of imide groups is 1. The molecule has 100 valence electrons. The Kier molecular flexibility index (Phi) is 4.82. The molecule has 0 saturated heterocycles. The van der Waals surface area contributed by atoms with E-state index in [-0.39, 0.29) is 11.8 Å². The largest absolute Gasteiger partial charge is 0.292 e. The fraction of sp³-hybridized carbons (Fsp3) is 0.400. The van der Waals surface area contributed by atoms with Crippen LogP contribution in [0.3, 0.4) is 0 Å². The minimum atomic E-state index is -0.434. The zero-order valence-electron chi connectivity index (χ0n) is 11.4. The molecule has 0 fully saturated rings. The van der Waals surface area contributed by atoms with Crippen LogP contribution in [-0.2, 0) is 4.79 Å². The second-order valence-corrected chi connectivity index (χ2v) is 5.50. The van der Waals surface area contributed by atoms with Crippen LogP contribution < -0.4 is 5.32 Å². The molecule has 1 rings (SSSR count). The number of carbonyl (C=O) groups excluding carboxylic acids is 2. The van der Waals surface area contributed by atoms with Gasteiger partial charge in [-0.05, 0) is 17.5 Å². The number of hydrogen-bond acceptors (Lipinski definition) is 3. The molecule has 1 aromatic carbocycles. The summed E-state index contributed by atoms with van der Waals surface area (Å²) < 4.78 is 0. The lowest BCUT2D eigenvalue weighted by Gasteiger charge is -2.23. The van der Waals surface area contributed by atoms with Gasteiger partial charge in [0, 0.05) is 12.0 Å². The number of amides is 2. The number of nitriles is 1. The molecule has 0 saturated carbocycles. The molecule has 1 aromatic rings. The average molecular weight is 258 g/mol. The van der Waals surface area contributed by atoms with E-state index in [1.54, 1.807) is 30.3 Å². The molecule has 0 heterocycles. The smallest absolute Gasteiger partial charge is 0.257 e. The SMILES string of the molecule is CC(C)(C)C(C#N)CC(=O)NC(=O)c1ccccc1. The minimum absolute atomic E-state index is 0.0264. The van der Waals surface area contributed by atoms with Crippen LogP contribution in [0.4, 0.5) is 0 Å². The molecule has 0 radical (unpaired) electrons. The maximum atomic E-state index is 11.8. The highest BCUT2D eigenvalue weighted by Gasteiger charge is 2.27. The first-order valence-corrected chi connectivity index (χ1v) is 6.13. The van der Waals surface area contributed by atoms with E-state index < -0.39 is 17.7 Å². The van der Waals surface area contributed by atoms with Crippen LogP contribution in [-0.4, -0.2) is 11.8 Å². The predicted molar refractivity (Wildman–Crippen MR) is 72.1 cm³/mol. The fourth-order valence-corrected chi connectivity index (χ4v) is 1.57. The van der Waals surface area contributed by atoms with Crippen molar-refractivity contribution in [3.8, 4) is 6.07 Å². The summed E-state index contributed by atoms with van der Waals surface area (Å²) in [7, 11) is 0. The van der Waals surface area contributed by atoms with Crippen LogP contribution in [0.2, 0.25) is 0 Å². The van der Waals surface area contributed by atoms with Gasteiger partial charge >= 0.3 is 0 Å². The van der Waals surface area contributed by atoms with Crippen LogP contribution >= 0.6 is 0 Å². The van der Waals surface area contributed by atoms with Gasteiger partial charge in [-0.2, -0.15) is 5.26 Å². The molecule has 0 aliphatic rings. The van der Waals surface area contributed by atoms with Crippen LogP contribution in [0.15, 0.2) is 30.3 Å². The quantitative estimate of drug-likeness (QED) is 0.905. The van der Waals surface area contributed by atoms with Gasteiger partial charge in [0.1, 0.15) is 0 Å². The number of carbonyl (C=O) groups is 2. The molecule has 0 bridgehead atoms. The van der Waals surface area contributed by atoms with E-state index >= 15 is 0 Å². The van der Waals surface area contributed by atoms with Crippen molar-refractivity contribution in [3.63, 3.8) is 0 Å². The zero-order chi connectivity index (χ0) is 14.5. The Balaban J connectivity index is 2.62. The maximum absolute atomic E-state index is 11.8. The summed E-state index contributed by atoms with van der Waals surface area (Å²) in [5.74, 6) is -1.28. The molecular weight excluding hydrogens is 240 g/mol. The molecule has 1 unspecified atom stereocenters. The summed E-state index contributed by atoms with van der Waals surface area (Å²) in [6, 6.07) is 10.6. The summed E-state index contributed by atoms with van der Waals surface area (Å²) >= 11 is 0. The molecule has 4 nitrogen and oxygen atoms in total. The van der Waals surface area contributed by atoms with Crippen molar-refractivity contribution in [2.24, 2.45) is 11.3 Å². The second-order valence-electron chi connectivity index (χ2n) is 5.50. The lowest BCUT2D eigenvalue weighted by molar-refractivity contribution is -0.121. The third kappa shape index (κ3) is 4.55. The molecule has 0 aliphatic heterocycles. The van der Waals surface area contributed by atoms with E-state index in [2.05, 4.69) is 11.4 Å². The Hall–Kier alpha value is -2.15. The molecule has 0 aromatic heterocycles. The minimum Gasteiger partial charge on any atom is -0.292 e. The van der Waals surface area contributed by atoms with Gasteiger partial charge in [-0.15, -0.1) is 0 Å². The van der Waals surface area contributed by atoms with Gasteiger partial charge in [-0.1, -0.05) is 39.0 Å².